The summed E-state index contributed by atoms with van der Waals surface area (Å²) >= 11 is 0. The van der Waals surface area contributed by atoms with Crippen molar-refractivity contribution in [3.63, 3.8) is 0 Å². The normalized spacial score (nSPS) is 9.83. The van der Waals surface area contributed by atoms with Crippen LogP contribution in [0, 0.1) is 17.0 Å². The molecule has 4 nitrogen and oxygen atoms in total. The molecule has 0 bridgehead atoms. The Bertz CT molecular complexity index is 310. The van der Waals surface area contributed by atoms with Crippen LogP contribution in [0.3, 0.4) is 0 Å². The highest BCUT2D eigenvalue weighted by molar-refractivity contribution is 5.39. The molecule has 1 rings (SSSR count). The van der Waals surface area contributed by atoms with E-state index in [1.54, 1.807) is 13.1 Å². The summed E-state index contributed by atoms with van der Waals surface area (Å²) in [5.41, 5.74) is 1.54. The molecule has 4 heteroatoms. The van der Waals surface area contributed by atoms with Gasteiger partial charge in [-0.15, -0.1) is 0 Å². The molecule has 0 aliphatic carbocycles. The van der Waals surface area contributed by atoms with Crippen molar-refractivity contribution in [1.29, 1.82) is 0 Å². The molecule has 1 aromatic rings. The van der Waals surface area contributed by atoms with Crippen molar-refractivity contribution in [3.8, 4) is 0 Å². The molecule has 0 aliphatic rings. The quantitative estimate of drug-likeness (QED) is 0.497. The molecule has 0 aliphatic heterocycles. The number of rotatable bonds is 2. The second kappa shape index (κ2) is 3.30. The van der Waals surface area contributed by atoms with Gasteiger partial charge in [0.2, 0.25) is 0 Å². The van der Waals surface area contributed by atoms with Gasteiger partial charge < -0.3 is 0 Å². The maximum Gasteiger partial charge on any atom is 0.275 e. The van der Waals surface area contributed by atoms with Gasteiger partial charge in [0.1, 0.15) is 0 Å². The maximum absolute atomic E-state index is 10.5. The van der Waals surface area contributed by atoms with E-state index in [9.17, 15) is 10.1 Å². The predicted molar refractivity (Wildman–Crippen MR) is 45.0 cm³/mol. The van der Waals surface area contributed by atoms with Gasteiger partial charge in [-0.2, -0.15) is 0 Å². The highest BCUT2D eigenvalue weighted by Crippen LogP contribution is 2.18. The van der Waals surface area contributed by atoms with Crippen LogP contribution in [0.5, 0.6) is 0 Å². The maximum atomic E-state index is 10.5. The molecule has 0 radical (unpaired) electrons. The Hall–Kier alpha value is -1.45. The Labute approximate surface area is 70.4 Å². The van der Waals surface area contributed by atoms with Gasteiger partial charge in [-0.25, -0.2) is 0 Å². The molecule has 0 N–H and O–H groups in total. The second-order valence-electron chi connectivity index (χ2n) is 2.57. The molecular formula is C8H10N2O2. The monoisotopic (exact) mass is 166 g/mol. The van der Waals surface area contributed by atoms with Crippen molar-refractivity contribution in [3.05, 3.63) is 33.6 Å². The van der Waals surface area contributed by atoms with Gasteiger partial charge >= 0.3 is 0 Å². The van der Waals surface area contributed by atoms with Crippen molar-refractivity contribution in [2.75, 3.05) is 0 Å². The first-order chi connectivity index (χ1) is 5.65. The summed E-state index contributed by atoms with van der Waals surface area (Å²) in [7, 11) is 0. The molecule has 0 fully saturated rings. The van der Waals surface area contributed by atoms with Gasteiger partial charge in [0.25, 0.3) is 5.69 Å². The van der Waals surface area contributed by atoms with Crippen molar-refractivity contribution in [1.82, 2.24) is 4.98 Å². The van der Waals surface area contributed by atoms with Gasteiger partial charge in [-0.3, -0.25) is 15.1 Å². The van der Waals surface area contributed by atoms with E-state index < -0.39 is 0 Å². The van der Waals surface area contributed by atoms with Gasteiger partial charge in [0.15, 0.2) is 0 Å². The molecule has 0 amide bonds. The number of pyridine rings is 1. The molecule has 0 aromatic carbocycles. The average molecular weight is 166 g/mol. The topological polar surface area (TPSA) is 56.0 Å². The smallest absolute Gasteiger partial charge is 0.261 e. The number of hydrogen-bond donors (Lipinski definition) is 0. The highest BCUT2D eigenvalue weighted by Gasteiger charge is 2.11. The zero-order valence-electron chi connectivity index (χ0n) is 7.07. The van der Waals surface area contributed by atoms with Gasteiger partial charge in [-0.1, -0.05) is 6.92 Å². The molecule has 0 spiro atoms. The standard InChI is InChI=1S/C8H10N2O2/c1-3-7-5-9-6(2)4-8(7)10(11)12/h4-5H,3H2,1-2H3. The molecule has 64 valence electrons. The number of aromatic nitrogens is 1. The molecular weight excluding hydrogens is 156 g/mol. The largest absolute Gasteiger partial charge is 0.275 e. The van der Waals surface area contributed by atoms with Crippen molar-refractivity contribution < 1.29 is 4.92 Å². The Balaban J connectivity index is 3.21. The third kappa shape index (κ3) is 1.58. The Morgan fingerprint density at radius 3 is 2.83 bits per heavy atom. The lowest BCUT2D eigenvalue weighted by Gasteiger charge is -1.98. The van der Waals surface area contributed by atoms with Crippen LogP contribution in [0.2, 0.25) is 0 Å². The summed E-state index contributed by atoms with van der Waals surface area (Å²) in [5.74, 6) is 0. The van der Waals surface area contributed by atoms with Crippen LogP contribution in [0.25, 0.3) is 0 Å². The fourth-order valence-electron chi connectivity index (χ4n) is 1.02. The zero-order chi connectivity index (χ0) is 9.14. The van der Waals surface area contributed by atoms with E-state index in [0.717, 1.165) is 0 Å². The van der Waals surface area contributed by atoms with E-state index in [0.29, 0.717) is 17.7 Å². The SMILES string of the molecule is CCc1cnc(C)cc1[N+](=O)[O-]. The Morgan fingerprint density at radius 2 is 2.33 bits per heavy atom. The van der Waals surface area contributed by atoms with Crippen LogP contribution in [-0.4, -0.2) is 9.91 Å². The van der Waals surface area contributed by atoms with E-state index in [2.05, 4.69) is 4.98 Å². The third-order valence-electron chi connectivity index (χ3n) is 1.68. The minimum Gasteiger partial charge on any atom is -0.261 e. The molecule has 0 unspecified atom stereocenters. The van der Waals surface area contributed by atoms with E-state index in [-0.39, 0.29) is 10.6 Å². The molecule has 0 saturated carbocycles. The molecule has 0 saturated heterocycles. The van der Waals surface area contributed by atoms with E-state index in [1.807, 2.05) is 6.92 Å². The van der Waals surface area contributed by atoms with Crippen LogP contribution >= 0.6 is 0 Å². The third-order valence-corrected chi connectivity index (χ3v) is 1.68. The fourth-order valence-corrected chi connectivity index (χ4v) is 1.02. The Kier molecular flexibility index (Phi) is 2.38. The summed E-state index contributed by atoms with van der Waals surface area (Å²) in [6.07, 6.45) is 2.21. The first-order valence-corrected chi connectivity index (χ1v) is 3.75. The average Bonchev–Trinajstić information content (AvgIpc) is 2.04. The summed E-state index contributed by atoms with van der Waals surface area (Å²) in [4.78, 5) is 14.1. The minimum absolute atomic E-state index is 0.171. The number of nitro groups is 1. The second-order valence-corrected chi connectivity index (χ2v) is 2.57. The van der Waals surface area contributed by atoms with E-state index in [4.69, 9.17) is 0 Å². The van der Waals surface area contributed by atoms with Gasteiger partial charge in [-0.05, 0) is 13.3 Å². The van der Waals surface area contributed by atoms with Gasteiger partial charge in [0, 0.05) is 23.5 Å². The highest BCUT2D eigenvalue weighted by atomic mass is 16.6. The first kappa shape index (κ1) is 8.64. The van der Waals surface area contributed by atoms with E-state index >= 15 is 0 Å². The van der Waals surface area contributed by atoms with Crippen LogP contribution < -0.4 is 0 Å². The van der Waals surface area contributed by atoms with E-state index in [1.165, 1.54) is 6.07 Å². The van der Waals surface area contributed by atoms with Crippen LogP contribution in [0.1, 0.15) is 18.2 Å². The van der Waals surface area contributed by atoms with Crippen LogP contribution in [0.4, 0.5) is 5.69 Å². The minimum atomic E-state index is -0.368. The lowest BCUT2D eigenvalue weighted by Crippen LogP contribution is -1.96. The molecule has 12 heavy (non-hydrogen) atoms. The number of nitrogens with zero attached hydrogens (tertiary/aromatic N) is 2. The summed E-state index contributed by atoms with van der Waals surface area (Å²) < 4.78 is 0. The van der Waals surface area contributed by atoms with Crippen LogP contribution in [-0.2, 0) is 6.42 Å². The fraction of sp³-hybridized carbons (Fsp3) is 0.375. The predicted octanol–water partition coefficient (Wildman–Crippen LogP) is 1.86. The van der Waals surface area contributed by atoms with Crippen molar-refractivity contribution in [2.45, 2.75) is 20.3 Å². The summed E-state index contributed by atoms with van der Waals surface area (Å²) in [5, 5.41) is 10.5. The Morgan fingerprint density at radius 1 is 1.67 bits per heavy atom. The molecule has 1 aromatic heterocycles. The zero-order valence-corrected chi connectivity index (χ0v) is 7.07. The van der Waals surface area contributed by atoms with Crippen LogP contribution in [0.15, 0.2) is 12.3 Å². The van der Waals surface area contributed by atoms with Gasteiger partial charge in [0.05, 0.1) is 4.92 Å². The first-order valence-electron chi connectivity index (χ1n) is 3.75. The lowest BCUT2D eigenvalue weighted by atomic mass is 10.2. The lowest BCUT2D eigenvalue weighted by molar-refractivity contribution is -0.385. The number of aryl methyl sites for hydroxylation is 2. The summed E-state index contributed by atoms with van der Waals surface area (Å²) in [6, 6.07) is 1.50. The molecule has 0 atom stereocenters. The summed E-state index contributed by atoms with van der Waals surface area (Å²) in [6.45, 7) is 3.62. The number of hydrogen-bond acceptors (Lipinski definition) is 3. The van der Waals surface area contributed by atoms with Crippen molar-refractivity contribution in [2.24, 2.45) is 0 Å². The molecule has 1 heterocycles. The van der Waals surface area contributed by atoms with Crippen molar-refractivity contribution >= 4 is 5.69 Å².